The van der Waals surface area contributed by atoms with Crippen LogP contribution >= 0.6 is 0 Å². The summed E-state index contributed by atoms with van der Waals surface area (Å²) < 4.78 is 0. The van der Waals surface area contributed by atoms with Gasteiger partial charge in [-0.25, -0.2) is 0 Å². The van der Waals surface area contributed by atoms with E-state index >= 15 is 0 Å². The van der Waals surface area contributed by atoms with E-state index in [-0.39, 0.29) is 0 Å². The molecule has 1 nitrogen and oxygen atoms in total. The molecule has 0 heterocycles. The van der Waals surface area contributed by atoms with Gasteiger partial charge in [0.25, 0.3) is 0 Å². The van der Waals surface area contributed by atoms with Gasteiger partial charge in [-0.3, -0.25) is 4.99 Å². The highest BCUT2D eigenvalue weighted by molar-refractivity contribution is 5.93. The van der Waals surface area contributed by atoms with Crippen LogP contribution in [0.3, 0.4) is 0 Å². The van der Waals surface area contributed by atoms with Crippen molar-refractivity contribution in [3.05, 3.63) is 36.5 Å². The van der Waals surface area contributed by atoms with Crippen molar-refractivity contribution in [3.8, 4) is 0 Å². The molecule has 0 N–H and O–H groups in total. The van der Waals surface area contributed by atoms with E-state index in [1.54, 1.807) is 7.05 Å². The number of aliphatic imine (C=N–C) groups is 1. The van der Waals surface area contributed by atoms with Gasteiger partial charge in [-0.15, -0.1) is 0 Å². The Labute approximate surface area is 68.9 Å². The SMILES string of the molecule is C=C(C)C(=C)/C=C\C(C)=NC. The summed E-state index contributed by atoms with van der Waals surface area (Å²) >= 11 is 0. The molecular formula is C10H15N. The topological polar surface area (TPSA) is 12.4 Å². The van der Waals surface area contributed by atoms with Crippen LogP contribution < -0.4 is 0 Å². The second-order valence-corrected chi connectivity index (χ2v) is 2.50. The summed E-state index contributed by atoms with van der Waals surface area (Å²) in [6, 6.07) is 0. The Kier molecular flexibility index (Phi) is 4.20. The average Bonchev–Trinajstić information content (AvgIpc) is 1.99. The lowest BCUT2D eigenvalue weighted by atomic mass is 10.1. The van der Waals surface area contributed by atoms with Crippen molar-refractivity contribution in [1.82, 2.24) is 0 Å². The van der Waals surface area contributed by atoms with Crippen LogP contribution in [0.25, 0.3) is 0 Å². The minimum absolute atomic E-state index is 0.952. The lowest BCUT2D eigenvalue weighted by Gasteiger charge is -1.95. The predicted molar refractivity (Wildman–Crippen MR) is 52.1 cm³/mol. The summed E-state index contributed by atoms with van der Waals surface area (Å²) in [6.45, 7) is 11.5. The number of rotatable bonds is 3. The molecule has 0 rings (SSSR count). The zero-order valence-electron chi connectivity index (χ0n) is 7.52. The second kappa shape index (κ2) is 4.67. The zero-order chi connectivity index (χ0) is 8.85. The van der Waals surface area contributed by atoms with Gasteiger partial charge in [-0.2, -0.15) is 0 Å². The molecule has 0 radical (unpaired) electrons. The Morgan fingerprint density at radius 2 is 1.73 bits per heavy atom. The summed E-state index contributed by atoms with van der Waals surface area (Å²) in [4.78, 5) is 3.98. The summed E-state index contributed by atoms with van der Waals surface area (Å²) in [5.41, 5.74) is 2.94. The fourth-order valence-corrected chi connectivity index (χ4v) is 0.438. The number of nitrogens with zero attached hydrogens (tertiary/aromatic N) is 1. The van der Waals surface area contributed by atoms with E-state index in [0.29, 0.717) is 0 Å². The Balaban J connectivity index is 4.15. The third-order valence-corrected chi connectivity index (χ3v) is 1.43. The highest BCUT2D eigenvalue weighted by atomic mass is 14.7. The maximum absolute atomic E-state index is 3.98. The molecule has 1 heteroatoms. The summed E-state index contributed by atoms with van der Waals surface area (Å²) in [5.74, 6) is 0. The molecule has 0 spiro atoms. The Hall–Kier alpha value is -1.11. The maximum Gasteiger partial charge on any atom is 0.0314 e. The summed E-state index contributed by atoms with van der Waals surface area (Å²) in [5, 5.41) is 0. The number of hydrogen-bond donors (Lipinski definition) is 0. The van der Waals surface area contributed by atoms with Crippen LogP contribution in [0.5, 0.6) is 0 Å². The largest absolute Gasteiger partial charge is 0.293 e. The van der Waals surface area contributed by atoms with Crippen LogP contribution in [0, 0.1) is 0 Å². The number of allylic oxidation sites excluding steroid dienone is 4. The van der Waals surface area contributed by atoms with Crippen molar-refractivity contribution < 1.29 is 0 Å². The third kappa shape index (κ3) is 4.31. The van der Waals surface area contributed by atoms with Gasteiger partial charge in [0.05, 0.1) is 0 Å². The van der Waals surface area contributed by atoms with E-state index in [1.807, 2.05) is 26.0 Å². The van der Waals surface area contributed by atoms with Crippen LogP contribution in [-0.4, -0.2) is 12.8 Å². The van der Waals surface area contributed by atoms with E-state index in [4.69, 9.17) is 0 Å². The van der Waals surface area contributed by atoms with Gasteiger partial charge in [-0.1, -0.05) is 24.8 Å². The summed E-state index contributed by atoms with van der Waals surface area (Å²) in [7, 11) is 1.77. The van der Waals surface area contributed by atoms with Crippen molar-refractivity contribution in [3.63, 3.8) is 0 Å². The van der Waals surface area contributed by atoms with Gasteiger partial charge in [0.2, 0.25) is 0 Å². The van der Waals surface area contributed by atoms with Gasteiger partial charge in [0, 0.05) is 12.8 Å². The quantitative estimate of drug-likeness (QED) is 0.432. The predicted octanol–water partition coefficient (Wildman–Crippen LogP) is 2.77. The van der Waals surface area contributed by atoms with E-state index in [9.17, 15) is 0 Å². The first-order chi connectivity index (χ1) is 5.07. The Morgan fingerprint density at radius 3 is 2.09 bits per heavy atom. The first-order valence-electron chi connectivity index (χ1n) is 3.54. The molecule has 0 aliphatic heterocycles. The lowest BCUT2D eigenvalue weighted by molar-refractivity contribution is 1.42. The van der Waals surface area contributed by atoms with Crippen molar-refractivity contribution in [2.24, 2.45) is 4.99 Å². The molecule has 0 amide bonds. The van der Waals surface area contributed by atoms with Gasteiger partial charge in [0.15, 0.2) is 0 Å². The van der Waals surface area contributed by atoms with Gasteiger partial charge in [-0.05, 0) is 25.5 Å². The minimum Gasteiger partial charge on any atom is -0.293 e. The average molecular weight is 149 g/mol. The molecule has 0 saturated heterocycles. The number of hydrogen-bond acceptors (Lipinski definition) is 1. The first kappa shape index (κ1) is 9.89. The van der Waals surface area contributed by atoms with Crippen LogP contribution in [0.2, 0.25) is 0 Å². The van der Waals surface area contributed by atoms with Crippen LogP contribution in [0.1, 0.15) is 13.8 Å². The molecule has 0 atom stereocenters. The maximum atomic E-state index is 3.98. The molecule has 0 aromatic rings. The van der Waals surface area contributed by atoms with Crippen molar-refractivity contribution in [1.29, 1.82) is 0 Å². The molecule has 0 saturated carbocycles. The van der Waals surface area contributed by atoms with Crippen molar-refractivity contribution in [2.75, 3.05) is 7.05 Å². The molecule has 60 valence electrons. The van der Waals surface area contributed by atoms with E-state index in [2.05, 4.69) is 18.2 Å². The monoisotopic (exact) mass is 149 g/mol. The lowest BCUT2D eigenvalue weighted by Crippen LogP contribution is -1.83. The molecule has 0 fully saturated rings. The standard InChI is InChI=1S/C10H15N/c1-8(2)9(3)6-7-10(4)11-5/h6-7H,1,3H2,2,4-5H3/b7-6-,11-10?. The van der Waals surface area contributed by atoms with Gasteiger partial charge < -0.3 is 0 Å². The summed E-state index contributed by atoms with van der Waals surface area (Å²) in [6.07, 6.45) is 3.85. The molecule has 0 aromatic heterocycles. The van der Waals surface area contributed by atoms with Crippen molar-refractivity contribution >= 4 is 5.71 Å². The molecule has 0 unspecified atom stereocenters. The van der Waals surface area contributed by atoms with E-state index in [1.165, 1.54) is 0 Å². The third-order valence-electron chi connectivity index (χ3n) is 1.43. The smallest absolute Gasteiger partial charge is 0.0314 e. The fraction of sp³-hybridized carbons (Fsp3) is 0.300. The Morgan fingerprint density at radius 1 is 1.18 bits per heavy atom. The van der Waals surface area contributed by atoms with Crippen LogP contribution in [-0.2, 0) is 0 Å². The van der Waals surface area contributed by atoms with Crippen molar-refractivity contribution in [2.45, 2.75) is 13.8 Å². The molecule has 0 aliphatic carbocycles. The normalized spacial score (nSPS) is 12.1. The first-order valence-corrected chi connectivity index (χ1v) is 3.54. The zero-order valence-corrected chi connectivity index (χ0v) is 7.52. The minimum atomic E-state index is 0.952. The highest BCUT2D eigenvalue weighted by Gasteiger charge is 1.86. The fourth-order valence-electron chi connectivity index (χ4n) is 0.438. The molecule has 0 aliphatic rings. The van der Waals surface area contributed by atoms with Gasteiger partial charge >= 0.3 is 0 Å². The van der Waals surface area contributed by atoms with E-state index < -0.39 is 0 Å². The molecule has 11 heavy (non-hydrogen) atoms. The van der Waals surface area contributed by atoms with Crippen LogP contribution in [0.4, 0.5) is 0 Å². The van der Waals surface area contributed by atoms with Crippen LogP contribution in [0.15, 0.2) is 41.4 Å². The van der Waals surface area contributed by atoms with E-state index in [0.717, 1.165) is 16.9 Å². The van der Waals surface area contributed by atoms with Gasteiger partial charge in [0.1, 0.15) is 0 Å². The molecule has 0 aromatic carbocycles. The molecule has 0 bridgehead atoms. The molecular weight excluding hydrogens is 134 g/mol. The Bertz CT molecular complexity index is 219. The highest BCUT2D eigenvalue weighted by Crippen LogP contribution is 2.04. The second-order valence-electron chi connectivity index (χ2n) is 2.50.